The first kappa shape index (κ1) is 21.9. The summed E-state index contributed by atoms with van der Waals surface area (Å²) < 4.78 is 5.51. The van der Waals surface area contributed by atoms with Gasteiger partial charge in [-0.1, -0.05) is 57.0 Å². The highest BCUT2D eigenvalue weighted by atomic mass is 16.5. The zero-order valence-corrected chi connectivity index (χ0v) is 16.9. The van der Waals surface area contributed by atoms with Gasteiger partial charge in [-0.3, -0.25) is 9.59 Å². The Balaban J connectivity index is 2.09. The van der Waals surface area contributed by atoms with Crippen molar-refractivity contribution in [2.24, 2.45) is 5.92 Å². The molecule has 2 amide bonds. The molecule has 0 aromatic heterocycles. The Bertz CT molecular complexity index is 645. The van der Waals surface area contributed by atoms with Gasteiger partial charge in [0.25, 0.3) is 0 Å². The lowest BCUT2D eigenvalue weighted by Crippen LogP contribution is -2.47. The number of esters is 1. The second-order valence-corrected chi connectivity index (χ2v) is 7.79. The molecule has 0 spiro atoms. The van der Waals surface area contributed by atoms with Gasteiger partial charge in [-0.15, -0.1) is 0 Å². The van der Waals surface area contributed by atoms with Crippen molar-refractivity contribution in [2.75, 3.05) is 6.61 Å². The van der Waals surface area contributed by atoms with Gasteiger partial charge in [0.05, 0.1) is 6.04 Å². The van der Waals surface area contributed by atoms with Crippen molar-refractivity contribution in [1.82, 2.24) is 10.6 Å². The van der Waals surface area contributed by atoms with E-state index in [4.69, 9.17) is 4.74 Å². The van der Waals surface area contributed by atoms with Crippen LogP contribution in [0.15, 0.2) is 30.3 Å². The van der Waals surface area contributed by atoms with Gasteiger partial charge in [-0.25, -0.2) is 4.79 Å². The predicted octanol–water partition coefficient (Wildman–Crippen LogP) is 2.75. The molecule has 1 heterocycles. The molecule has 28 heavy (non-hydrogen) atoms. The first-order valence-electron chi connectivity index (χ1n) is 10.2. The van der Waals surface area contributed by atoms with Gasteiger partial charge in [0.1, 0.15) is 12.6 Å². The molecule has 1 aromatic rings. The fourth-order valence-corrected chi connectivity index (χ4v) is 3.29. The lowest BCUT2D eigenvalue weighted by atomic mass is 10.0. The normalized spacial score (nSPS) is 23.2. The van der Waals surface area contributed by atoms with E-state index in [1.165, 1.54) is 0 Å². The molecule has 1 fully saturated rings. The minimum atomic E-state index is -0.675. The van der Waals surface area contributed by atoms with Crippen molar-refractivity contribution in [2.45, 2.75) is 70.9 Å². The van der Waals surface area contributed by atoms with Gasteiger partial charge in [-0.05, 0) is 30.7 Å². The average molecular weight is 389 g/mol. The highest BCUT2D eigenvalue weighted by molar-refractivity contribution is 5.84. The summed E-state index contributed by atoms with van der Waals surface area (Å²) in [7, 11) is 0. The monoisotopic (exact) mass is 388 g/mol. The molecule has 0 bridgehead atoms. The van der Waals surface area contributed by atoms with Gasteiger partial charge < -0.3 is 15.4 Å². The first-order chi connectivity index (χ1) is 13.5. The van der Waals surface area contributed by atoms with Crippen LogP contribution < -0.4 is 10.6 Å². The van der Waals surface area contributed by atoms with Crippen LogP contribution in [0.25, 0.3) is 0 Å². The summed E-state index contributed by atoms with van der Waals surface area (Å²) in [4.78, 5) is 37.0. The highest BCUT2D eigenvalue weighted by Crippen LogP contribution is 2.11. The lowest BCUT2D eigenvalue weighted by molar-refractivity contribution is -0.150. The lowest BCUT2D eigenvalue weighted by Gasteiger charge is -2.23. The topological polar surface area (TPSA) is 84.5 Å². The van der Waals surface area contributed by atoms with E-state index >= 15 is 0 Å². The van der Waals surface area contributed by atoms with E-state index in [1.807, 2.05) is 44.2 Å². The fourth-order valence-electron chi connectivity index (χ4n) is 3.29. The van der Waals surface area contributed by atoms with Crippen LogP contribution in [0, 0.1) is 5.92 Å². The van der Waals surface area contributed by atoms with Crippen LogP contribution in [-0.2, 0) is 25.5 Å². The van der Waals surface area contributed by atoms with E-state index in [0.717, 1.165) is 31.2 Å². The van der Waals surface area contributed by atoms with Crippen molar-refractivity contribution in [1.29, 1.82) is 0 Å². The van der Waals surface area contributed by atoms with E-state index < -0.39 is 12.0 Å². The molecule has 1 saturated heterocycles. The van der Waals surface area contributed by atoms with Crippen LogP contribution in [0.1, 0.15) is 57.9 Å². The molecule has 1 aliphatic rings. The van der Waals surface area contributed by atoms with Gasteiger partial charge in [0, 0.05) is 12.8 Å². The Morgan fingerprint density at radius 3 is 2.14 bits per heavy atom. The van der Waals surface area contributed by atoms with E-state index in [0.29, 0.717) is 19.3 Å². The van der Waals surface area contributed by atoms with Crippen LogP contribution >= 0.6 is 0 Å². The second-order valence-electron chi connectivity index (χ2n) is 7.79. The molecular formula is C22H32N2O4. The molecule has 0 radical (unpaired) electrons. The number of amides is 2. The third-order valence-corrected chi connectivity index (χ3v) is 4.91. The van der Waals surface area contributed by atoms with Crippen LogP contribution in [0.3, 0.4) is 0 Å². The van der Waals surface area contributed by atoms with E-state index in [1.54, 1.807) is 0 Å². The quantitative estimate of drug-likeness (QED) is 0.780. The molecule has 2 rings (SSSR count). The predicted molar refractivity (Wildman–Crippen MR) is 108 cm³/mol. The first-order valence-corrected chi connectivity index (χ1v) is 10.2. The maximum Gasteiger partial charge on any atom is 0.328 e. The Labute approximate surface area is 167 Å². The minimum Gasteiger partial charge on any atom is -0.462 e. The third-order valence-electron chi connectivity index (χ3n) is 4.91. The number of rotatable bonds is 3. The zero-order chi connectivity index (χ0) is 20.4. The van der Waals surface area contributed by atoms with E-state index in [9.17, 15) is 14.4 Å². The van der Waals surface area contributed by atoms with Crippen molar-refractivity contribution >= 4 is 17.8 Å². The molecule has 0 unspecified atom stereocenters. The van der Waals surface area contributed by atoms with Crippen LogP contribution in [0.5, 0.6) is 0 Å². The number of ether oxygens (including phenoxy) is 1. The average Bonchev–Trinajstić information content (AvgIpc) is 2.67. The number of hydrogen-bond acceptors (Lipinski definition) is 4. The molecule has 2 N–H and O–H groups in total. The van der Waals surface area contributed by atoms with Crippen molar-refractivity contribution in [3.8, 4) is 0 Å². The Hall–Kier alpha value is -2.37. The summed E-state index contributed by atoms with van der Waals surface area (Å²) in [5.74, 6) is -0.679. The molecule has 6 nitrogen and oxygen atoms in total. The van der Waals surface area contributed by atoms with Crippen molar-refractivity contribution in [3.63, 3.8) is 0 Å². The molecule has 154 valence electrons. The SMILES string of the molecule is CC(C)[C@@H]1NC(=O)CCCCCCC(=O)N[C@@H](Cc2ccccc2)COC1=O. The highest BCUT2D eigenvalue weighted by Gasteiger charge is 2.27. The Morgan fingerprint density at radius 1 is 0.929 bits per heavy atom. The maximum atomic E-state index is 12.6. The zero-order valence-electron chi connectivity index (χ0n) is 16.9. The largest absolute Gasteiger partial charge is 0.462 e. The van der Waals surface area contributed by atoms with E-state index in [2.05, 4.69) is 10.6 Å². The number of cyclic esters (lactones) is 1. The maximum absolute atomic E-state index is 12.6. The summed E-state index contributed by atoms with van der Waals surface area (Å²) in [5.41, 5.74) is 1.07. The summed E-state index contributed by atoms with van der Waals surface area (Å²) in [5, 5.41) is 5.81. The molecule has 1 aliphatic heterocycles. The second kappa shape index (κ2) is 11.5. The molecule has 6 heteroatoms. The summed E-state index contributed by atoms with van der Waals surface area (Å²) in [6.45, 7) is 3.84. The van der Waals surface area contributed by atoms with Gasteiger partial charge >= 0.3 is 5.97 Å². The van der Waals surface area contributed by atoms with E-state index in [-0.39, 0.29) is 30.4 Å². The molecule has 0 aliphatic carbocycles. The van der Waals surface area contributed by atoms with Gasteiger partial charge in [-0.2, -0.15) is 0 Å². The molecular weight excluding hydrogens is 356 g/mol. The van der Waals surface area contributed by atoms with Gasteiger partial charge in [0.15, 0.2) is 0 Å². The smallest absolute Gasteiger partial charge is 0.328 e. The minimum absolute atomic E-state index is 0.0264. The van der Waals surface area contributed by atoms with Crippen molar-refractivity contribution < 1.29 is 19.1 Å². The number of nitrogens with one attached hydrogen (secondary N) is 2. The Kier molecular flexibility index (Phi) is 8.98. The number of carbonyl (C=O) groups excluding carboxylic acids is 3. The summed E-state index contributed by atoms with van der Waals surface area (Å²) >= 11 is 0. The van der Waals surface area contributed by atoms with Crippen LogP contribution in [0.4, 0.5) is 0 Å². The summed E-state index contributed by atoms with van der Waals surface area (Å²) in [6, 6.07) is 8.83. The molecule has 2 atom stereocenters. The molecule has 0 saturated carbocycles. The number of hydrogen-bond donors (Lipinski definition) is 2. The van der Waals surface area contributed by atoms with Gasteiger partial charge in [0.2, 0.25) is 11.8 Å². The Morgan fingerprint density at radius 2 is 1.54 bits per heavy atom. The fraction of sp³-hybridized carbons (Fsp3) is 0.591. The van der Waals surface area contributed by atoms with Crippen LogP contribution in [-0.4, -0.2) is 36.5 Å². The number of benzene rings is 1. The summed E-state index contributed by atoms with van der Waals surface area (Å²) in [6.07, 6.45) is 4.76. The van der Waals surface area contributed by atoms with Crippen LogP contribution in [0.2, 0.25) is 0 Å². The number of carbonyl (C=O) groups is 3. The van der Waals surface area contributed by atoms with Crippen molar-refractivity contribution in [3.05, 3.63) is 35.9 Å². The standard InChI is InChI=1S/C22H32N2O4/c1-16(2)21-22(27)28-15-18(14-17-10-6-5-7-11-17)23-19(25)12-8-3-4-9-13-20(26)24-21/h5-7,10-11,16,18,21H,3-4,8-9,12-15H2,1-2H3,(H,23,25)(H,24,26)/t18-,21-/m0/s1. The molecule has 1 aromatic carbocycles. The third kappa shape index (κ3) is 7.71.